The van der Waals surface area contributed by atoms with E-state index < -0.39 is 9.84 Å². The summed E-state index contributed by atoms with van der Waals surface area (Å²) in [6.07, 6.45) is 0. The molecule has 3 aromatic rings. The monoisotopic (exact) mass is 491 g/mol. The quantitative estimate of drug-likeness (QED) is 0.538. The molecule has 0 unspecified atom stereocenters. The van der Waals surface area contributed by atoms with Crippen molar-refractivity contribution in [3.8, 4) is 17.2 Å². The van der Waals surface area contributed by atoms with Gasteiger partial charge in [0.05, 0.1) is 12.0 Å². The number of hydrogen-bond acceptors (Lipinski definition) is 7. The number of oxazole rings is 1. The zero-order valence-corrected chi connectivity index (χ0v) is 19.1. The summed E-state index contributed by atoms with van der Waals surface area (Å²) in [6, 6.07) is 13.7. The molecule has 0 aliphatic carbocycles. The minimum Gasteiger partial charge on any atom is -0.497 e. The summed E-state index contributed by atoms with van der Waals surface area (Å²) in [5.41, 5.74) is 0.684. The van der Waals surface area contributed by atoms with Crippen molar-refractivity contribution < 1.29 is 17.6 Å². The summed E-state index contributed by atoms with van der Waals surface area (Å²) in [6.45, 7) is 2.96. The van der Waals surface area contributed by atoms with Crippen LogP contribution in [0.4, 0.5) is 5.88 Å². The van der Waals surface area contributed by atoms with Gasteiger partial charge in [0, 0.05) is 36.2 Å². The summed E-state index contributed by atoms with van der Waals surface area (Å²) in [5, 5.41) is -0.0554. The van der Waals surface area contributed by atoms with Crippen molar-refractivity contribution in [3.63, 3.8) is 0 Å². The van der Waals surface area contributed by atoms with Crippen molar-refractivity contribution in [2.45, 2.75) is 9.92 Å². The molecular formula is C21H22BrN3O4S. The van der Waals surface area contributed by atoms with Crippen molar-refractivity contribution in [1.29, 1.82) is 0 Å². The van der Waals surface area contributed by atoms with Crippen molar-refractivity contribution in [1.82, 2.24) is 9.88 Å². The van der Waals surface area contributed by atoms with Gasteiger partial charge in [0.1, 0.15) is 5.75 Å². The number of ether oxygens (including phenoxy) is 1. The lowest BCUT2D eigenvalue weighted by Crippen LogP contribution is -2.44. The SMILES string of the molecule is COc1ccc(-c2nc(S(=O)(=O)c3ccc(Br)cc3)c(N3CCN(C)CC3)o2)cc1. The second-order valence-electron chi connectivity index (χ2n) is 7.11. The van der Waals surface area contributed by atoms with Crippen molar-refractivity contribution in [3.05, 3.63) is 53.0 Å². The first-order chi connectivity index (χ1) is 14.4. The van der Waals surface area contributed by atoms with Crippen LogP contribution in [0.2, 0.25) is 0 Å². The van der Waals surface area contributed by atoms with Crippen LogP contribution in [0.15, 0.2) is 67.3 Å². The Bertz CT molecular complexity index is 1120. The Labute approximate surface area is 184 Å². The number of aromatic nitrogens is 1. The number of nitrogens with zero attached hydrogens (tertiary/aromatic N) is 3. The third-order valence-electron chi connectivity index (χ3n) is 5.09. The number of rotatable bonds is 5. The van der Waals surface area contributed by atoms with Crippen LogP contribution in [0.25, 0.3) is 11.5 Å². The molecule has 9 heteroatoms. The van der Waals surface area contributed by atoms with E-state index in [0.717, 1.165) is 17.6 Å². The van der Waals surface area contributed by atoms with E-state index in [1.54, 1.807) is 55.6 Å². The van der Waals surface area contributed by atoms with E-state index in [0.29, 0.717) is 24.4 Å². The maximum absolute atomic E-state index is 13.4. The van der Waals surface area contributed by atoms with Gasteiger partial charge in [-0.1, -0.05) is 15.9 Å². The molecule has 1 aromatic heterocycles. The molecular weight excluding hydrogens is 470 g/mol. The van der Waals surface area contributed by atoms with Gasteiger partial charge in [0.25, 0.3) is 0 Å². The number of benzene rings is 2. The molecule has 0 N–H and O–H groups in total. The predicted octanol–water partition coefficient (Wildman–Crippen LogP) is 3.70. The van der Waals surface area contributed by atoms with Gasteiger partial charge in [-0.05, 0) is 55.6 Å². The topological polar surface area (TPSA) is 75.9 Å². The molecule has 0 atom stereocenters. The molecule has 0 radical (unpaired) electrons. The summed E-state index contributed by atoms with van der Waals surface area (Å²) in [5.74, 6) is 1.26. The number of sulfone groups is 1. The fraction of sp³-hybridized carbons (Fsp3) is 0.286. The number of methoxy groups -OCH3 is 1. The zero-order valence-electron chi connectivity index (χ0n) is 16.7. The summed E-state index contributed by atoms with van der Waals surface area (Å²) >= 11 is 3.35. The van der Waals surface area contributed by atoms with Crippen LogP contribution >= 0.6 is 15.9 Å². The zero-order chi connectivity index (χ0) is 21.3. The number of piperazine rings is 1. The van der Waals surface area contributed by atoms with E-state index in [-0.39, 0.29) is 21.7 Å². The van der Waals surface area contributed by atoms with Crippen LogP contribution in [0.1, 0.15) is 0 Å². The Balaban J connectivity index is 1.80. The first-order valence-corrected chi connectivity index (χ1v) is 11.8. The van der Waals surface area contributed by atoms with Crippen LogP contribution in [0, 0.1) is 0 Å². The molecule has 1 aliphatic rings. The van der Waals surface area contributed by atoms with Crippen LogP contribution in [-0.4, -0.2) is 58.6 Å². The lowest BCUT2D eigenvalue weighted by Gasteiger charge is -2.32. The second-order valence-corrected chi connectivity index (χ2v) is 9.89. The molecule has 0 amide bonds. The fourth-order valence-electron chi connectivity index (χ4n) is 3.26. The van der Waals surface area contributed by atoms with E-state index in [1.165, 1.54) is 0 Å². The minimum absolute atomic E-state index is 0.0554. The largest absolute Gasteiger partial charge is 0.497 e. The molecule has 2 heterocycles. The van der Waals surface area contributed by atoms with E-state index in [9.17, 15) is 8.42 Å². The summed E-state index contributed by atoms with van der Waals surface area (Å²) in [7, 11) is -0.221. The average molecular weight is 492 g/mol. The Morgan fingerprint density at radius 1 is 1.00 bits per heavy atom. The maximum Gasteiger partial charge on any atom is 0.236 e. The Kier molecular flexibility index (Phi) is 5.86. The standard InChI is InChI=1S/C21H22BrN3O4S/c1-24-11-13-25(14-12-24)21-20(30(26,27)18-9-5-16(22)6-10-18)23-19(29-21)15-3-7-17(28-2)8-4-15/h3-10H,11-14H2,1-2H3. The molecule has 30 heavy (non-hydrogen) atoms. The Morgan fingerprint density at radius 3 is 2.23 bits per heavy atom. The number of halogens is 1. The predicted molar refractivity (Wildman–Crippen MR) is 118 cm³/mol. The molecule has 7 nitrogen and oxygen atoms in total. The van der Waals surface area contributed by atoms with Gasteiger partial charge in [-0.15, -0.1) is 0 Å². The van der Waals surface area contributed by atoms with Crippen molar-refractivity contribution in [2.24, 2.45) is 0 Å². The normalized spacial score (nSPS) is 15.4. The van der Waals surface area contributed by atoms with Crippen LogP contribution in [0.5, 0.6) is 5.75 Å². The highest BCUT2D eigenvalue weighted by molar-refractivity contribution is 9.10. The first kappa shape index (κ1) is 20.9. The van der Waals surface area contributed by atoms with Gasteiger partial charge >= 0.3 is 0 Å². The summed E-state index contributed by atoms with van der Waals surface area (Å²) < 4.78 is 38.9. The number of hydrogen-bond donors (Lipinski definition) is 0. The fourth-order valence-corrected chi connectivity index (χ4v) is 4.85. The van der Waals surface area contributed by atoms with E-state index in [1.807, 2.05) is 11.9 Å². The molecule has 158 valence electrons. The number of anilines is 1. The highest BCUT2D eigenvalue weighted by Gasteiger charge is 2.32. The Hall–Kier alpha value is -2.36. The van der Waals surface area contributed by atoms with Gasteiger partial charge < -0.3 is 19.0 Å². The molecule has 0 spiro atoms. The molecule has 1 aliphatic heterocycles. The van der Waals surface area contributed by atoms with Gasteiger partial charge in [0.15, 0.2) is 0 Å². The van der Waals surface area contributed by atoms with Crippen molar-refractivity contribution >= 4 is 31.7 Å². The number of likely N-dealkylation sites (N-methyl/N-ethyl adjacent to an activating group) is 1. The molecule has 0 bridgehead atoms. The highest BCUT2D eigenvalue weighted by Crippen LogP contribution is 2.35. The van der Waals surface area contributed by atoms with Gasteiger partial charge in [-0.2, -0.15) is 4.98 Å². The van der Waals surface area contributed by atoms with E-state index in [4.69, 9.17) is 9.15 Å². The molecule has 2 aromatic carbocycles. The van der Waals surface area contributed by atoms with E-state index >= 15 is 0 Å². The van der Waals surface area contributed by atoms with Gasteiger partial charge in [-0.25, -0.2) is 8.42 Å². The molecule has 1 saturated heterocycles. The highest BCUT2D eigenvalue weighted by atomic mass is 79.9. The van der Waals surface area contributed by atoms with Gasteiger partial charge in [0.2, 0.25) is 26.6 Å². The lowest BCUT2D eigenvalue weighted by molar-refractivity contribution is 0.305. The van der Waals surface area contributed by atoms with E-state index in [2.05, 4.69) is 25.8 Å². The van der Waals surface area contributed by atoms with Gasteiger partial charge in [-0.3, -0.25) is 0 Å². The van der Waals surface area contributed by atoms with Crippen LogP contribution in [0.3, 0.4) is 0 Å². The van der Waals surface area contributed by atoms with Crippen molar-refractivity contribution in [2.75, 3.05) is 45.2 Å². The summed E-state index contributed by atoms with van der Waals surface area (Å²) in [4.78, 5) is 8.76. The smallest absolute Gasteiger partial charge is 0.236 e. The molecule has 0 saturated carbocycles. The lowest BCUT2D eigenvalue weighted by atomic mass is 10.2. The van der Waals surface area contributed by atoms with Crippen LogP contribution in [-0.2, 0) is 9.84 Å². The van der Waals surface area contributed by atoms with Crippen LogP contribution < -0.4 is 9.64 Å². The Morgan fingerprint density at radius 2 is 1.63 bits per heavy atom. The average Bonchev–Trinajstić information content (AvgIpc) is 3.21. The first-order valence-electron chi connectivity index (χ1n) is 9.48. The molecule has 4 rings (SSSR count). The minimum atomic E-state index is -3.85. The second kappa shape index (κ2) is 8.41. The third kappa shape index (κ3) is 4.10. The maximum atomic E-state index is 13.4. The third-order valence-corrected chi connectivity index (χ3v) is 7.28. The molecule has 1 fully saturated rings.